The minimum Gasteiger partial charge on any atom is -0.0888 e. The summed E-state index contributed by atoms with van der Waals surface area (Å²) in [6.07, 6.45) is 18.1. The van der Waals surface area contributed by atoms with Crippen LogP contribution in [0.25, 0.3) is 0 Å². The molecule has 76 valence electrons. The van der Waals surface area contributed by atoms with Crippen molar-refractivity contribution in [1.82, 2.24) is 0 Å². The molecule has 0 fully saturated rings. The summed E-state index contributed by atoms with van der Waals surface area (Å²) < 4.78 is 0. The van der Waals surface area contributed by atoms with Gasteiger partial charge in [0.2, 0.25) is 0 Å². The van der Waals surface area contributed by atoms with Gasteiger partial charge in [0.05, 0.1) is 0 Å². The van der Waals surface area contributed by atoms with Gasteiger partial charge in [0.25, 0.3) is 0 Å². The number of hydrogen-bond donors (Lipinski definition) is 0. The third-order valence-electron chi connectivity index (χ3n) is 2.05. The van der Waals surface area contributed by atoms with Crippen molar-refractivity contribution in [2.45, 2.75) is 58.8 Å². The van der Waals surface area contributed by atoms with Crippen molar-refractivity contribution >= 4 is 0 Å². The van der Waals surface area contributed by atoms with Crippen LogP contribution in [0.5, 0.6) is 0 Å². The van der Waals surface area contributed by atoms with Crippen LogP contribution in [0.4, 0.5) is 0 Å². The van der Waals surface area contributed by atoms with Crippen molar-refractivity contribution in [1.29, 1.82) is 0 Å². The molecule has 0 heterocycles. The fourth-order valence-electron chi connectivity index (χ4n) is 1.27. The van der Waals surface area contributed by atoms with Gasteiger partial charge in [0.15, 0.2) is 0 Å². The summed E-state index contributed by atoms with van der Waals surface area (Å²) in [5.74, 6) is 0. The van der Waals surface area contributed by atoms with Gasteiger partial charge in [0.1, 0.15) is 0 Å². The van der Waals surface area contributed by atoms with E-state index in [1.54, 1.807) is 0 Å². The van der Waals surface area contributed by atoms with Crippen LogP contribution in [0.1, 0.15) is 58.8 Å². The van der Waals surface area contributed by atoms with Gasteiger partial charge >= 0.3 is 0 Å². The molecule has 0 atom stereocenters. The highest BCUT2D eigenvalue weighted by molar-refractivity contribution is 4.81. The fraction of sp³-hybridized carbons (Fsp3) is 0.692. The van der Waals surface area contributed by atoms with E-state index in [0.717, 1.165) is 0 Å². The van der Waals surface area contributed by atoms with Crippen molar-refractivity contribution in [3.63, 3.8) is 0 Å². The van der Waals surface area contributed by atoms with Gasteiger partial charge in [-0.25, -0.2) is 0 Å². The number of allylic oxidation sites excluding steroid dienone is 4. The molecule has 0 aliphatic rings. The Hall–Kier alpha value is -0.520. The van der Waals surface area contributed by atoms with Gasteiger partial charge in [-0.05, 0) is 38.5 Å². The lowest BCUT2D eigenvalue weighted by molar-refractivity contribution is 0.695. The maximum Gasteiger partial charge on any atom is -0.0351 e. The second-order valence-corrected chi connectivity index (χ2v) is 3.40. The molecule has 0 aromatic carbocycles. The average molecular weight is 180 g/mol. The highest BCUT2D eigenvalue weighted by atomic mass is 13.9. The Balaban J connectivity index is 2.99. The predicted octanol–water partition coefficient (Wildman–Crippen LogP) is 4.87. The normalized spacial score (nSPS) is 11.8. The van der Waals surface area contributed by atoms with Crippen LogP contribution in [0, 0.1) is 0 Å². The van der Waals surface area contributed by atoms with Crippen molar-refractivity contribution in [3.05, 3.63) is 24.3 Å². The summed E-state index contributed by atoms with van der Waals surface area (Å²) in [7, 11) is 0. The zero-order valence-corrected chi connectivity index (χ0v) is 9.26. The van der Waals surface area contributed by atoms with E-state index in [2.05, 4.69) is 38.2 Å². The van der Waals surface area contributed by atoms with Gasteiger partial charge in [-0.15, -0.1) is 0 Å². The standard InChI is InChI=1S/C13H24/c1-3-5-7-9-11-13-12-10-8-6-4-2/h5-8H,3-4,9-13H2,1-2H3/b7-5+,8-6+. The van der Waals surface area contributed by atoms with E-state index in [1.807, 2.05) is 0 Å². The molecule has 0 aromatic rings. The lowest BCUT2D eigenvalue weighted by atomic mass is 10.1. The molecule has 0 nitrogen and oxygen atoms in total. The summed E-state index contributed by atoms with van der Waals surface area (Å²) in [6, 6.07) is 0. The second-order valence-electron chi connectivity index (χ2n) is 3.40. The largest absolute Gasteiger partial charge is 0.0888 e. The number of unbranched alkanes of at least 4 members (excludes halogenated alkanes) is 4. The van der Waals surface area contributed by atoms with Crippen molar-refractivity contribution in [3.8, 4) is 0 Å². The van der Waals surface area contributed by atoms with Crippen LogP contribution in [0.3, 0.4) is 0 Å². The lowest BCUT2D eigenvalue weighted by Gasteiger charge is -1.94. The van der Waals surface area contributed by atoms with E-state index in [-0.39, 0.29) is 0 Å². The van der Waals surface area contributed by atoms with E-state index in [9.17, 15) is 0 Å². The van der Waals surface area contributed by atoms with E-state index in [4.69, 9.17) is 0 Å². The van der Waals surface area contributed by atoms with Gasteiger partial charge in [0, 0.05) is 0 Å². The molecule has 0 heteroatoms. The van der Waals surface area contributed by atoms with Gasteiger partial charge in [-0.3, -0.25) is 0 Å². The summed E-state index contributed by atoms with van der Waals surface area (Å²) in [4.78, 5) is 0. The number of rotatable bonds is 8. The Kier molecular flexibility index (Phi) is 11.0. The Morgan fingerprint density at radius 2 is 1.08 bits per heavy atom. The van der Waals surface area contributed by atoms with Gasteiger partial charge in [-0.1, -0.05) is 44.6 Å². The van der Waals surface area contributed by atoms with Crippen molar-refractivity contribution in [2.24, 2.45) is 0 Å². The maximum atomic E-state index is 2.31. The molecule has 0 aliphatic heterocycles. The zero-order valence-electron chi connectivity index (χ0n) is 9.26. The highest BCUT2D eigenvalue weighted by Gasteiger charge is 1.84. The summed E-state index contributed by atoms with van der Waals surface area (Å²) in [5.41, 5.74) is 0. The molecule has 0 saturated heterocycles. The lowest BCUT2D eigenvalue weighted by Crippen LogP contribution is -1.74. The van der Waals surface area contributed by atoms with E-state index >= 15 is 0 Å². The first-order chi connectivity index (χ1) is 6.41. The summed E-state index contributed by atoms with van der Waals surface area (Å²) in [5, 5.41) is 0. The Morgan fingerprint density at radius 3 is 1.46 bits per heavy atom. The Morgan fingerprint density at radius 1 is 0.615 bits per heavy atom. The topological polar surface area (TPSA) is 0 Å². The maximum absolute atomic E-state index is 2.31. The molecular formula is C13H24. The summed E-state index contributed by atoms with van der Waals surface area (Å²) in [6.45, 7) is 4.37. The predicted molar refractivity (Wildman–Crippen MR) is 61.9 cm³/mol. The minimum absolute atomic E-state index is 1.18. The van der Waals surface area contributed by atoms with Gasteiger partial charge in [-0.2, -0.15) is 0 Å². The third-order valence-corrected chi connectivity index (χ3v) is 2.05. The quantitative estimate of drug-likeness (QED) is 0.369. The zero-order chi connectivity index (χ0) is 9.78. The molecule has 0 rings (SSSR count). The Bertz CT molecular complexity index is 115. The molecule has 0 aromatic heterocycles. The second kappa shape index (κ2) is 11.5. The molecule has 0 saturated carbocycles. The first kappa shape index (κ1) is 12.5. The van der Waals surface area contributed by atoms with Gasteiger partial charge < -0.3 is 0 Å². The van der Waals surface area contributed by atoms with E-state index in [0.29, 0.717) is 0 Å². The smallest absolute Gasteiger partial charge is 0.0351 e. The van der Waals surface area contributed by atoms with E-state index in [1.165, 1.54) is 44.9 Å². The van der Waals surface area contributed by atoms with Crippen molar-refractivity contribution in [2.75, 3.05) is 0 Å². The first-order valence-electron chi connectivity index (χ1n) is 5.71. The van der Waals surface area contributed by atoms with Crippen LogP contribution < -0.4 is 0 Å². The van der Waals surface area contributed by atoms with Crippen LogP contribution in [0.15, 0.2) is 24.3 Å². The molecule has 0 amide bonds. The molecule has 0 unspecified atom stereocenters. The average Bonchev–Trinajstić information content (AvgIpc) is 2.16. The first-order valence-corrected chi connectivity index (χ1v) is 5.71. The molecule has 0 spiro atoms. The van der Waals surface area contributed by atoms with Crippen molar-refractivity contribution < 1.29 is 0 Å². The molecule has 0 bridgehead atoms. The van der Waals surface area contributed by atoms with Crippen LogP contribution >= 0.6 is 0 Å². The molecule has 0 N–H and O–H groups in total. The molecule has 0 radical (unpaired) electrons. The monoisotopic (exact) mass is 180 g/mol. The van der Waals surface area contributed by atoms with Crippen LogP contribution in [0.2, 0.25) is 0 Å². The Labute approximate surface area is 83.7 Å². The fourth-order valence-corrected chi connectivity index (χ4v) is 1.27. The van der Waals surface area contributed by atoms with Crippen LogP contribution in [-0.4, -0.2) is 0 Å². The molecular weight excluding hydrogens is 156 g/mol. The summed E-state index contributed by atoms with van der Waals surface area (Å²) >= 11 is 0. The SMILES string of the molecule is CC/C=C/CCCCC/C=C/CC. The highest BCUT2D eigenvalue weighted by Crippen LogP contribution is 2.04. The number of hydrogen-bond acceptors (Lipinski definition) is 0. The minimum atomic E-state index is 1.18. The van der Waals surface area contributed by atoms with E-state index < -0.39 is 0 Å². The third kappa shape index (κ3) is 11.5. The molecule has 13 heavy (non-hydrogen) atoms. The molecule has 0 aliphatic carbocycles. The van der Waals surface area contributed by atoms with Crippen LogP contribution in [-0.2, 0) is 0 Å².